The summed E-state index contributed by atoms with van der Waals surface area (Å²) in [5, 5.41) is 7.27. The van der Waals surface area contributed by atoms with Crippen LogP contribution in [0.3, 0.4) is 0 Å². The van der Waals surface area contributed by atoms with Gasteiger partial charge in [0, 0.05) is 38.0 Å². The first-order valence-electron chi connectivity index (χ1n) is 15.7. The zero-order valence-corrected chi connectivity index (χ0v) is 24.7. The van der Waals surface area contributed by atoms with Crippen molar-refractivity contribution in [2.75, 3.05) is 4.90 Å². The van der Waals surface area contributed by atoms with Gasteiger partial charge in [0.25, 0.3) is 0 Å². The number of rotatable bonds is 2. The highest BCUT2D eigenvalue weighted by Crippen LogP contribution is 2.51. The van der Waals surface area contributed by atoms with Crippen LogP contribution in [0.2, 0.25) is 0 Å². The predicted octanol–water partition coefficient (Wildman–Crippen LogP) is 11.6. The molecule has 1 aliphatic heterocycles. The van der Waals surface area contributed by atoms with Crippen LogP contribution in [-0.4, -0.2) is 9.13 Å². The molecule has 4 nitrogen and oxygen atoms in total. The maximum atomic E-state index is 6.57. The van der Waals surface area contributed by atoms with Crippen LogP contribution in [0.1, 0.15) is 0 Å². The summed E-state index contributed by atoms with van der Waals surface area (Å²) in [5.74, 6) is 0. The Morgan fingerprint density at radius 1 is 0.370 bits per heavy atom. The number of hydrogen-bond acceptors (Lipinski definition) is 2. The zero-order chi connectivity index (χ0) is 29.9. The number of furan rings is 1. The maximum absolute atomic E-state index is 6.57. The summed E-state index contributed by atoms with van der Waals surface area (Å²) in [6.45, 7) is 0. The van der Waals surface area contributed by atoms with Crippen LogP contribution in [0.5, 0.6) is 0 Å². The molecule has 10 aromatic rings. The molecule has 0 aliphatic carbocycles. The molecule has 4 heteroatoms. The SMILES string of the molecule is c1ccc(N2c3ccccc3-n3c4ccc5c(c6ccccc6n5-c5cccc6c5oc5ccccc56)c4c4cccc2c43)cc1. The van der Waals surface area contributed by atoms with Crippen molar-refractivity contribution in [2.24, 2.45) is 0 Å². The normalized spacial score (nSPS) is 12.7. The van der Waals surface area contributed by atoms with Gasteiger partial charge in [0.2, 0.25) is 0 Å². The summed E-state index contributed by atoms with van der Waals surface area (Å²) in [6.07, 6.45) is 0. The van der Waals surface area contributed by atoms with Gasteiger partial charge in [0.15, 0.2) is 5.58 Å². The van der Waals surface area contributed by atoms with Gasteiger partial charge in [-0.1, -0.05) is 91.0 Å². The van der Waals surface area contributed by atoms with E-state index in [0.717, 1.165) is 38.8 Å². The van der Waals surface area contributed by atoms with Gasteiger partial charge in [-0.2, -0.15) is 0 Å². The summed E-state index contributed by atoms with van der Waals surface area (Å²) >= 11 is 0. The number of anilines is 3. The van der Waals surface area contributed by atoms with E-state index in [1.165, 1.54) is 55.2 Å². The van der Waals surface area contributed by atoms with Gasteiger partial charge in [0.05, 0.1) is 44.8 Å². The van der Waals surface area contributed by atoms with Crippen LogP contribution in [0.15, 0.2) is 156 Å². The van der Waals surface area contributed by atoms with Gasteiger partial charge < -0.3 is 18.5 Å². The van der Waals surface area contributed by atoms with E-state index in [4.69, 9.17) is 4.42 Å². The van der Waals surface area contributed by atoms with E-state index in [0.29, 0.717) is 0 Å². The molecule has 0 radical (unpaired) electrons. The Labute approximate surface area is 263 Å². The van der Waals surface area contributed by atoms with E-state index >= 15 is 0 Å². The van der Waals surface area contributed by atoms with Gasteiger partial charge in [-0.3, -0.25) is 0 Å². The van der Waals surface area contributed by atoms with E-state index in [-0.39, 0.29) is 0 Å². The molecule has 214 valence electrons. The minimum Gasteiger partial charge on any atom is -0.454 e. The van der Waals surface area contributed by atoms with Gasteiger partial charge in [-0.15, -0.1) is 0 Å². The summed E-state index contributed by atoms with van der Waals surface area (Å²) in [5.41, 5.74) is 12.3. The van der Waals surface area contributed by atoms with Crippen molar-refractivity contribution < 1.29 is 4.42 Å². The molecule has 0 amide bonds. The first-order chi connectivity index (χ1) is 22.9. The number of benzene rings is 7. The fourth-order valence-corrected chi connectivity index (χ4v) is 8.02. The van der Waals surface area contributed by atoms with Crippen molar-refractivity contribution in [1.29, 1.82) is 0 Å². The minimum absolute atomic E-state index is 0.904. The Morgan fingerprint density at radius 2 is 0.978 bits per heavy atom. The molecular formula is C42H25N3O. The monoisotopic (exact) mass is 587 g/mol. The highest BCUT2D eigenvalue weighted by Gasteiger charge is 2.30. The molecule has 0 fully saturated rings. The lowest BCUT2D eigenvalue weighted by Crippen LogP contribution is -2.17. The molecule has 0 saturated carbocycles. The van der Waals surface area contributed by atoms with E-state index in [2.05, 4.69) is 160 Å². The quantitative estimate of drug-likeness (QED) is 0.201. The fraction of sp³-hybridized carbons (Fsp3) is 0. The van der Waals surface area contributed by atoms with E-state index in [1.807, 2.05) is 6.07 Å². The Hall–Kier alpha value is -6.26. The molecule has 7 aromatic carbocycles. The molecule has 46 heavy (non-hydrogen) atoms. The van der Waals surface area contributed by atoms with E-state index < -0.39 is 0 Å². The Kier molecular flexibility index (Phi) is 4.55. The number of aromatic nitrogens is 2. The van der Waals surface area contributed by atoms with Crippen LogP contribution >= 0.6 is 0 Å². The minimum atomic E-state index is 0.904. The van der Waals surface area contributed by atoms with Crippen molar-refractivity contribution in [3.8, 4) is 11.4 Å². The van der Waals surface area contributed by atoms with Gasteiger partial charge in [0.1, 0.15) is 5.58 Å². The smallest absolute Gasteiger partial charge is 0.159 e. The summed E-state index contributed by atoms with van der Waals surface area (Å²) < 4.78 is 11.4. The standard InChI is InChI=1S/C42H25N3O/c1-2-12-26(13-3-1)43-32-19-7-8-20-33(32)45-35-25-24-34-39(40(35)30-17-11-21-36(43)41(30)45)29-15-4-6-18-31(29)44(34)37-22-10-16-28-27-14-5-9-23-38(27)46-42(28)37/h1-25H. The molecule has 1 aliphatic rings. The number of fused-ring (bicyclic) bond motifs is 12. The molecular weight excluding hydrogens is 562 g/mol. The summed E-state index contributed by atoms with van der Waals surface area (Å²) in [6, 6.07) is 54.4. The number of para-hydroxylation sites is 7. The van der Waals surface area contributed by atoms with Gasteiger partial charge >= 0.3 is 0 Å². The molecule has 0 unspecified atom stereocenters. The predicted molar refractivity (Wildman–Crippen MR) is 191 cm³/mol. The van der Waals surface area contributed by atoms with Crippen LogP contribution in [0, 0.1) is 0 Å². The average Bonchev–Trinajstić information content (AvgIpc) is 3.77. The second-order valence-electron chi connectivity index (χ2n) is 12.1. The molecule has 4 heterocycles. The highest BCUT2D eigenvalue weighted by molar-refractivity contribution is 6.31. The van der Waals surface area contributed by atoms with Gasteiger partial charge in [-0.05, 0) is 60.7 Å². The first kappa shape index (κ1) is 24.1. The third-order valence-electron chi connectivity index (χ3n) is 9.81. The molecule has 0 bridgehead atoms. The largest absolute Gasteiger partial charge is 0.454 e. The Morgan fingerprint density at radius 3 is 1.85 bits per heavy atom. The van der Waals surface area contributed by atoms with Crippen molar-refractivity contribution in [1.82, 2.24) is 9.13 Å². The van der Waals surface area contributed by atoms with Crippen molar-refractivity contribution in [2.45, 2.75) is 0 Å². The molecule has 3 aromatic heterocycles. The Balaban J connectivity index is 1.31. The topological polar surface area (TPSA) is 26.2 Å². The number of hydrogen-bond donors (Lipinski definition) is 0. The second-order valence-corrected chi connectivity index (χ2v) is 12.1. The third-order valence-corrected chi connectivity index (χ3v) is 9.81. The van der Waals surface area contributed by atoms with Crippen LogP contribution < -0.4 is 4.90 Å². The fourth-order valence-electron chi connectivity index (χ4n) is 8.02. The zero-order valence-electron chi connectivity index (χ0n) is 24.7. The second kappa shape index (κ2) is 8.68. The lowest BCUT2D eigenvalue weighted by atomic mass is 10.0. The third kappa shape index (κ3) is 2.94. The van der Waals surface area contributed by atoms with Crippen molar-refractivity contribution in [3.05, 3.63) is 152 Å². The van der Waals surface area contributed by atoms with Crippen molar-refractivity contribution >= 4 is 82.6 Å². The van der Waals surface area contributed by atoms with Crippen LogP contribution in [0.4, 0.5) is 17.1 Å². The lowest BCUT2D eigenvalue weighted by molar-refractivity contribution is 0.666. The van der Waals surface area contributed by atoms with Gasteiger partial charge in [-0.25, -0.2) is 0 Å². The molecule has 0 saturated heterocycles. The van der Waals surface area contributed by atoms with E-state index in [1.54, 1.807) is 0 Å². The molecule has 0 atom stereocenters. The summed E-state index contributed by atoms with van der Waals surface area (Å²) in [7, 11) is 0. The van der Waals surface area contributed by atoms with Crippen LogP contribution in [0.25, 0.3) is 76.9 Å². The highest BCUT2D eigenvalue weighted by atomic mass is 16.3. The molecule has 0 spiro atoms. The van der Waals surface area contributed by atoms with E-state index in [9.17, 15) is 0 Å². The summed E-state index contributed by atoms with van der Waals surface area (Å²) in [4.78, 5) is 2.40. The first-order valence-corrected chi connectivity index (χ1v) is 15.7. The molecule has 0 N–H and O–H groups in total. The average molecular weight is 588 g/mol. The van der Waals surface area contributed by atoms with Crippen molar-refractivity contribution in [3.63, 3.8) is 0 Å². The maximum Gasteiger partial charge on any atom is 0.159 e. The van der Waals surface area contributed by atoms with Crippen LogP contribution in [-0.2, 0) is 0 Å². The molecule has 11 rings (SSSR count). The lowest BCUT2D eigenvalue weighted by Gasteiger charge is -2.33. The Bertz CT molecular complexity index is 2870. The number of nitrogens with zero attached hydrogens (tertiary/aromatic N) is 3.